The van der Waals surface area contributed by atoms with Crippen molar-refractivity contribution in [2.24, 2.45) is 0 Å². The lowest BCUT2D eigenvalue weighted by Gasteiger charge is -2.33. The van der Waals surface area contributed by atoms with Crippen LogP contribution in [-0.2, 0) is 0 Å². The molecule has 0 aromatic heterocycles. The molecule has 1 unspecified atom stereocenters. The fourth-order valence-electron chi connectivity index (χ4n) is 2.29. The Morgan fingerprint density at radius 1 is 1.33 bits per heavy atom. The molecule has 1 saturated heterocycles. The van der Waals surface area contributed by atoms with E-state index in [0.29, 0.717) is 11.0 Å². The topological polar surface area (TPSA) is 20.3 Å². The van der Waals surface area contributed by atoms with Crippen molar-refractivity contribution in [1.29, 1.82) is 0 Å². The molecule has 1 aromatic rings. The van der Waals surface area contributed by atoms with E-state index in [9.17, 15) is 13.6 Å². The zero-order chi connectivity index (χ0) is 13.3. The molecule has 1 fully saturated rings. The average Bonchev–Trinajstić information content (AvgIpc) is 2.27. The second-order valence-corrected chi connectivity index (χ2v) is 5.50. The summed E-state index contributed by atoms with van der Waals surface area (Å²) >= 11 is 3.00. The molecule has 18 heavy (non-hydrogen) atoms. The Hall–Kier alpha value is -0.970. The van der Waals surface area contributed by atoms with E-state index in [2.05, 4.69) is 15.9 Å². The van der Waals surface area contributed by atoms with Crippen LogP contribution < -0.4 is 0 Å². The number of amides is 1. The zero-order valence-electron chi connectivity index (χ0n) is 10.0. The first-order chi connectivity index (χ1) is 8.50. The number of rotatable bonds is 1. The monoisotopic (exact) mass is 317 g/mol. The first-order valence-corrected chi connectivity index (χ1v) is 6.75. The normalized spacial score (nSPS) is 20.0. The highest BCUT2D eigenvalue weighted by Gasteiger charge is 2.28. The Kier molecular flexibility index (Phi) is 4.00. The van der Waals surface area contributed by atoms with Crippen molar-refractivity contribution in [3.8, 4) is 0 Å². The molecule has 0 spiro atoms. The molecule has 1 aliphatic heterocycles. The van der Waals surface area contributed by atoms with Crippen LogP contribution in [0.3, 0.4) is 0 Å². The summed E-state index contributed by atoms with van der Waals surface area (Å²) in [7, 11) is 0. The molecule has 1 amide bonds. The smallest absolute Gasteiger partial charge is 0.260 e. The molecule has 0 N–H and O–H groups in total. The third-order valence-corrected chi connectivity index (χ3v) is 3.74. The number of benzene rings is 1. The average molecular weight is 318 g/mol. The Labute approximate surface area is 113 Å². The van der Waals surface area contributed by atoms with Crippen molar-refractivity contribution in [1.82, 2.24) is 4.90 Å². The van der Waals surface area contributed by atoms with Crippen molar-refractivity contribution >= 4 is 21.8 Å². The molecule has 0 radical (unpaired) electrons. The van der Waals surface area contributed by atoms with Crippen molar-refractivity contribution in [3.05, 3.63) is 33.8 Å². The number of piperidine rings is 1. The molecule has 2 nitrogen and oxygen atoms in total. The minimum atomic E-state index is -0.815. The summed E-state index contributed by atoms with van der Waals surface area (Å²) in [5.41, 5.74) is -0.452. The Morgan fingerprint density at radius 2 is 1.94 bits per heavy atom. The summed E-state index contributed by atoms with van der Waals surface area (Å²) < 4.78 is 27.7. The van der Waals surface area contributed by atoms with E-state index in [-0.39, 0.29) is 6.04 Å². The first kappa shape index (κ1) is 13.5. The van der Waals surface area contributed by atoms with Crippen LogP contribution in [0.15, 0.2) is 16.6 Å². The van der Waals surface area contributed by atoms with Gasteiger partial charge < -0.3 is 4.90 Å². The van der Waals surface area contributed by atoms with E-state index in [1.54, 1.807) is 4.90 Å². The van der Waals surface area contributed by atoms with Crippen LogP contribution in [0.25, 0.3) is 0 Å². The number of likely N-dealkylation sites (tertiary alicyclic amines) is 1. The molecule has 1 aliphatic rings. The van der Waals surface area contributed by atoms with Gasteiger partial charge in [0.2, 0.25) is 0 Å². The van der Waals surface area contributed by atoms with Crippen molar-refractivity contribution < 1.29 is 13.6 Å². The first-order valence-electron chi connectivity index (χ1n) is 5.96. The number of hydrogen-bond donors (Lipinski definition) is 0. The van der Waals surface area contributed by atoms with Crippen LogP contribution in [-0.4, -0.2) is 23.4 Å². The van der Waals surface area contributed by atoms with E-state index in [1.165, 1.54) is 0 Å². The number of carbonyl (C=O) groups is 1. The van der Waals surface area contributed by atoms with Gasteiger partial charge in [0.25, 0.3) is 5.91 Å². The number of carbonyl (C=O) groups excluding carboxylic acids is 1. The second-order valence-electron chi connectivity index (χ2n) is 4.59. The summed E-state index contributed by atoms with van der Waals surface area (Å²) in [6.45, 7) is 2.47. The summed E-state index contributed by atoms with van der Waals surface area (Å²) in [5, 5.41) is 0. The maximum absolute atomic E-state index is 13.7. The lowest BCUT2D eigenvalue weighted by atomic mass is 10.0. The molecule has 0 saturated carbocycles. The molecule has 1 aromatic carbocycles. The van der Waals surface area contributed by atoms with Crippen LogP contribution in [0.1, 0.15) is 36.5 Å². The fourth-order valence-corrected chi connectivity index (χ4v) is 2.69. The standard InChI is InChI=1S/C13H14BrF2NO/c1-8-4-2-3-5-17(8)13(18)12-10(15)6-9(14)7-11(12)16/h6-8H,2-5H2,1H3. The van der Waals surface area contributed by atoms with Gasteiger partial charge in [0.1, 0.15) is 17.2 Å². The van der Waals surface area contributed by atoms with E-state index in [1.807, 2.05) is 6.92 Å². The maximum Gasteiger partial charge on any atom is 0.260 e. The number of hydrogen-bond acceptors (Lipinski definition) is 1. The van der Waals surface area contributed by atoms with Gasteiger partial charge in [-0.05, 0) is 38.3 Å². The molecule has 1 heterocycles. The van der Waals surface area contributed by atoms with Crippen molar-refractivity contribution in [2.75, 3.05) is 6.54 Å². The molecule has 5 heteroatoms. The Morgan fingerprint density at radius 3 is 2.50 bits per heavy atom. The van der Waals surface area contributed by atoms with Gasteiger partial charge in [-0.2, -0.15) is 0 Å². The highest BCUT2D eigenvalue weighted by molar-refractivity contribution is 9.10. The summed E-state index contributed by atoms with van der Waals surface area (Å²) in [4.78, 5) is 13.7. The summed E-state index contributed by atoms with van der Waals surface area (Å²) in [6, 6.07) is 2.27. The third kappa shape index (κ3) is 2.55. The molecule has 0 aliphatic carbocycles. The van der Waals surface area contributed by atoms with E-state index >= 15 is 0 Å². The minimum absolute atomic E-state index is 0.0358. The summed E-state index contributed by atoms with van der Waals surface area (Å²) in [6.07, 6.45) is 2.82. The van der Waals surface area contributed by atoms with Gasteiger partial charge in [-0.3, -0.25) is 4.79 Å². The lowest BCUT2D eigenvalue weighted by molar-refractivity contribution is 0.0625. The van der Waals surface area contributed by atoms with E-state index in [0.717, 1.165) is 31.4 Å². The van der Waals surface area contributed by atoms with Crippen LogP contribution >= 0.6 is 15.9 Å². The van der Waals surface area contributed by atoms with Crippen LogP contribution in [0, 0.1) is 11.6 Å². The maximum atomic E-state index is 13.7. The molecule has 1 atom stereocenters. The highest BCUT2D eigenvalue weighted by atomic mass is 79.9. The number of nitrogens with zero attached hydrogens (tertiary/aromatic N) is 1. The Balaban J connectivity index is 2.33. The van der Waals surface area contributed by atoms with Gasteiger partial charge in [0.05, 0.1) is 0 Å². The molecule has 2 rings (SSSR count). The van der Waals surface area contributed by atoms with E-state index < -0.39 is 23.1 Å². The minimum Gasteiger partial charge on any atom is -0.336 e. The lowest BCUT2D eigenvalue weighted by Crippen LogP contribution is -2.42. The van der Waals surface area contributed by atoms with Crippen molar-refractivity contribution in [3.63, 3.8) is 0 Å². The molecular weight excluding hydrogens is 304 g/mol. The molecule has 0 bridgehead atoms. The largest absolute Gasteiger partial charge is 0.336 e. The summed E-state index contributed by atoms with van der Waals surface area (Å²) in [5.74, 6) is -2.18. The SMILES string of the molecule is CC1CCCCN1C(=O)c1c(F)cc(Br)cc1F. The second kappa shape index (κ2) is 5.34. The fraction of sp³-hybridized carbons (Fsp3) is 0.462. The third-order valence-electron chi connectivity index (χ3n) is 3.28. The van der Waals surface area contributed by atoms with Gasteiger partial charge in [0.15, 0.2) is 0 Å². The predicted octanol–water partition coefficient (Wildman–Crippen LogP) is 3.74. The van der Waals surface area contributed by atoms with Crippen molar-refractivity contribution in [2.45, 2.75) is 32.2 Å². The van der Waals surface area contributed by atoms with Gasteiger partial charge >= 0.3 is 0 Å². The number of halogens is 3. The molecular formula is C13H14BrF2NO. The van der Waals surface area contributed by atoms with Gasteiger partial charge in [-0.15, -0.1) is 0 Å². The van der Waals surface area contributed by atoms with Gasteiger partial charge in [0, 0.05) is 17.1 Å². The van der Waals surface area contributed by atoms with Crippen LogP contribution in [0.4, 0.5) is 8.78 Å². The van der Waals surface area contributed by atoms with E-state index in [4.69, 9.17) is 0 Å². The molecule has 98 valence electrons. The highest BCUT2D eigenvalue weighted by Crippen LogP contribution is 2.24. The Bertz CT molecular complexity index is 455. The van der Waals surface area contributed by atoms with Crippen LogP contribution in [0.2, 0.25) is 0 Å². The van der Waals surface area contributed by atoms with Gasteiger partial charge in [-0.1, -0.05) is 15.9 Å². The van der Waals surface area contributed by atoms with Crippen LogP contribution in [0.5, 0.6) is 0 Å². The quantitative estimate of drug-likeness (QED) is 0.772. The predicted molar refractivity (Wildman–Crippen MR) is 68.4 cm³/mol. The van der Waals surface area contributed by atoms with Gasteiger partial charge in [-0.25, -0.2) is 8.78 Å². The zero-order valence-corrected chi connectivity index (χ0v) is 11.6.